The number of nitrogens with zero attached hydrogens (tertiary/aromatic N) is 8. The van der Waals surface area contributed by atoms with E-state index in [1.54, 1.807) is 30.8 Å². The van der Waals surface area contributed by atoms with Gasteiger partial charge in [-0.25, -0.2) is 0 Å². The highest BCUT2D eigenvalue weighted by Gasteiger charge is 2.22. The molecule has 1 unspecified atom stereocenters. The summed E-state index contributed by atoms with van der Waals surface area (Å²) in [4.78, 5) is 35.4. The smallest absolute Gasteiger partial charge is 0.318 e. The molecule has 2 aromatic carbocycles. The summed E-state index contributed by atoms with van der Waals surface area (Å²) < 4.78 is 10.8. The summed E-state index contributed by atoms with van der Waals surface area (Å²) in [6, 6.07) is 7.70. The van der Waals surface area contributed by atoms with E-state index in [4.69, 9.17) is 9.47 Å². The number of nitro groups is 3. The largest absolute Gasteiger partial charge is 0.466 e. The van der Waals surface area contributed by atoms with Crippen molar-refractivity contribution in [3.05, 3.63) is 82.3 Å². The molecule has 20 heteroatoms. The van der Waals surface area contributed by atoms with Crippen LogP contribution in [0.5, 0.6) is 11.5 Å². The summed E-state index contributed by atoms with van der Waals surface area (Å²) in [6.07, 6.45) is 1.42. The number of aliphatic imine (C=N–C) groups is 1. The molecule has 2 heterocycles. The lowest BCUT2D eigenvalue weighted by molar-refractivity contribution is -0.394. The summed E-state index contributed by atoms with van der Waals surface area (Å²) in [6.45, 7) is 3.71. The van der Waals surface area contributed by atoms with E-state index in [0.717, 1.165) is 40.9 Å². The molecule has 0 bridgehead atoms. The lowest BCUT2D eigenvalue weighted by Crippen LogP contribution is -2.09. The molecule has 43 heavy (non-hydrogen) atoms. The first-order valence-electron chi connectivity index (χ1n) is 12.2. The van der Waals surface area contributed by atoms with E-state index in [9.17, 15) is 30.3 Å². The lowest BCUT2D eigenvalue weighted by Gasteiger charge is -2.10. The number of ether oxygens (including phenoxy) is 2. The van der Waals surface area contributed by atoms with Crippen LogP contribution in [0.4, 0.5) is 27.3 Å². The fourth-order valence-electron chi connectivity index (χ4n) is 3.45. The number of thioether (sulfide) groups is 1. The Kier molecular flexibility index (Phi) is 10.4. The predicted molar refractivity (Wildman–Crippen MR) is 160 cm³/mol. The van der Waals surface area contributed by atoms with Gasteiger partial charge in [0.25, 0.3) is 5.69 Å². The van der Waals surface area contributed by atoms with Crippen molar-refractivity contribution in [3.63, 3.8) is 0 Å². The van der Waals surface area contributed by atoms with Crippen LogP contribution in [0.2, 0.25) is 0 Å². The number of nitro benzene ring substituents is 3. The predicted octanol–water partition coefficient (Wildman–Crippen LogP) is 5.65. The van der Waals surface area contributed by atoms with Crippen molar-refractivity contribution in [2.24, 2.45) is 4.99 Å². The van der Waals surface area contributed by atoms with Crippen molar-refractivity contribution in [2.75, 3.05) is 17.8 Å². The Bertz CT molecular complexity index is 1660. The molecule has 0 fully saturated rings. The molecule has 4 rings (SSSR count). The Labute approximate surface area is 254 Å². The van der Waals surface area contributed by atoms with E-state index in [1.807, 2.05) is 6.92 Å². The van der Waals surface area contributed by atoms with Crippen molar-refractivity contribution in [1.29, 1.82) is 0 Å². The number of benzene rings is 2. The summed E-state index contributed by atoms with van der Waals surface area (Å²) in [5.74, 6) is 0.712. The van der Waals surface area contributed by atoms with Crippen molar-refractivity contribution >= 4 is 68.2 Å². The topological polar surface area (TPSA) is 224 Å². The molecule has 224 valence electrons. The van der Waals surface area contributed by atoms with Gasteiger partial charge in [0.2, 0.25) is 16.0 Å². The van der Waals surface area contributed by atoms with E-state index in [1.165, 1.54) is 28.7 Å². The van der Waals surface area contributed by atoms with Gasteiger partial charge >= 0.3 is 11.4 Å². The van der Waals surface area contributed by atoms with Crippen LogP contribution in [-0.4, -0.2) is 54.0 Å². The van der Waals surface area contributed by atoms with Crippen LogP contribution < -0.4 is 14.8 Å². The monoisotopic (exact) mass is 647 g/mol. The lowest BCUT2D eigenvalue weighted by atomic mass is 10.2. The third-order valence-corrected chi connectivity index (χ3v) is 8.48. The van der Waals surface area contributed by atoms with E-state index in [0.29, 0.717) is 16.6 Å². The molecular weight excluding hydrogens is 627 g/mol. The van der Waals surface area contributed by atoms with Crippen LogP contribution in [0.25, 0.3) is 0 Å². The normalized spacial score (nSPS) is 11.8. The summed E-state index contributed by atoms with van der Waals surface area (Å²) >= 11 is 4.13. The fourth-order valence-corrected chi connectivity index (χ4v) is 6.20. The minimum atomic E-state index is -0.789. The second-order valence-electron chi connectivity index (χ2n) is 8.28. The second kappa shape index (κ2) is 14.4. The highest BCUT2D eigenvalue weighted by molar-refractivity contribution is 7.99. The summed E-state index contributed by atoms with van der Waals surface area (Å²) in [7, 11) is 0. The molecule has 17 nitrogen and oxygen atoms in total. The molecular formula is C23H21N9O8S3. The molecule has 0 saturated heterocycles. The maximum Gasteiger partial charge on any atom is 0.318 e. The van der Waals surface area contributed by atoms with Crippen molar-refractivity contribution in [2.45, 2.75) is 25.5 Å². The van der Waals surface area contributed by atoms with Crippen LogP contribution in [-0.2, 0) is 6.42 Å². The molecule has 0 spiro atoms. The van der Waals surface area contributed by atoms with Gasteiger partial charge in [-0.05, 0) is 30.4 Å². The SMILES string of the molecule is CCSC(Cc1nnc(N=COc2ccc([N+](=O)[O-])cc2[N+](=O)[O-])s1)c1nnc(NCOc2ccc(C)cc2[N+](=O)[O-])s1. The van der Waals surface area contributed by atoms with Gasteiger partial charge in [-0.2, -0.15) is 16.8 Å². The Morgan fingerprint density at radius 1 is 0.977 bits per heavy atom. The second-order valence-corrected chi connectivity index (χ2v) is 11.8. The molecule has 0 aliphatic heterocycles. The molecule has 0 aliphatic carbocycles. The summed E-state index contributed by atoms with van der Waals surface area (Å²) in [5.41, 5.74) is -0.396. The van der Waals surface area contributed by atoms with Gasteiger partial charge in [0.1, 0.15) is 10.0 Å². The molecule has 1 N–H and O–H groups in total. The van der Waals surface area contributed by atoms with Gasteiger partial charge in [-0.3, -0.25) is 30.3 Å². The van der Waals surface area contributed by atoms with E-state index >= 15 is 0 Å². The highest BCUT2D eigenvalue weighted by Crippen LogP contribution is 2.37. The third kappa shape index (κ3) is 8.36. The molecule has 0 amide bonds. The maximum atomic E-state index is 11.3. The standard InChI is InChI=1S/C23H21N9O8S3/c1-3-41-19(21-27-29-23(43-21)25-12-39-17-6-4-13(2)8-15(17)31(35)36)10-20-26-28-22(42-20)24-11-40-18-7-5-14(30(33)34)9-16(18)32(37)38/h4-9,11,19H,3,10,12H2,1-2H3,(H,25,29). The first-order chi connectivity index (χ1) is 20.6. The quantitative estimate of drug-likeness (QED) is 0.0541. The van der Waals surface area contributed by atoms with Gasteiger partial charge in [-0.15, -0.1) is 20.4 Å². The molecule has 2 aromatic heterocycles. The highest BCUT2D eigenvalue weighted by atomic mass is 32.2. The molecule has 0 saturated carbocycles. The molecule has 1 atom stereocenters. The van der Waals surface area contributed by atoms with E-state index < -0.39 is 26.1 Å². The van der Waals surface area contributed by atoms with Gasteiger partial charge in [0, 0.05) is 18.6 Å². The van der Waals surface area contributed by atoms with Gasteiger partial charge < -0.3 is 14.8 Å². The molecule has 4 aromatic rings. The third-order valence-electron chi connectivity index (χ3n) is 5.36. The zero-order valence-corrected chi connectivity index (χ0v) is 24.8. The number of rotatable bonds is 15. The average molecular weight is 648 g/mol. The van der Waals surface area contributed by atoms with Crippen molar-refractivity contribution in [3.8, 4) is 11.5 Å². The van der Waals surface area contributed by atoms with Crippen LogP contribution in [0.1, 0.15) is 27.8 Å². The van der Waals surface area contributed by atoms with Crippen LogP contribution >= 0.6 is 34.4 Å². The van der Waals surface area contributed by atoms with Crippen LogP contribution in [0.15, 0.2) is 41.4 Å². The Morgan fingerprint density at radius 3 is 2.44 bits per heavy atom. The van der Waals surface area contributed by atoms with E-state index in [2.05, 4.69) is 30.7 Å². The van der Waals surface area contributed by atoms with Gasteiger partial charge in [0.15, 0.2) is 18.9 Å². The van der Waals surface area contributed by atoms with E-state index in [-0.39, 0.29) is 34.3 Å². The van der Waals surface area contributed by atoms with Gasteiger partial charge in [0.05, 0.1) is 26.1 Å². The minimum absolute atomic E-state index is 0.0486. The zero-order valence-electron chi connectivity index (χ0n) is 22.3. The first kappa shape index (κ1) is 31.1. The van der Waals surface area contributed by atoms with Crippen LogP contribution in [0, 0.1) is 37.3 Å². The Morgan fingerprint density at radius 2 is 1.72 bits per heavy atom. The number of aromatic nitrogens is 4. The summed E-state index contributed by atoms with van der Waals surface area (Å²) in [5, 5.41) is 55.0. The van der Waals surface area contributed by atoms with Crippen molar-refractivity contribution in [1.82, 2.24) is 20.4 Å². The number of nitrogens with one attached hydrogen (secondary N) is 1. The fraction of sp³-hybridized carbons (Fsp3) is 0.261. The number of hydrogen-bond donors (Lipinski definition) is 1. The minimum Gasteiger partial charge on any atom is -0.466 e. The Hall–Kier alpha value is -4.82. The number of hydrogen-bond acceptors (Lipinski definition) is 17. The Balaban J connectivity index is 1.36. The average Bonchev–Trinajstić information content (AvgIpc) is 3.63. The number of non-ortho nitro benzene ring substituents is 1. The van der Waals surface area contributed by atoms with Crippen LogP contribution in [0.3, 0.4) is 0 Å². The molecule has 0 aliphatic rings. The zero-order chi connectivity index (χ0) is 30.9. The molecule has 0 radical (unpaired) electrons. The first-order valence-corrected chi connectivity index (χ1v) is 14.8. The van der Waals surface area contributed by atoms with Gasteiger partial charge in [-0.1, -0.05) is 35.7 Å². The van der Waals surface area contributed by atoms with Crippen molar-refractivity contribution < 1.29 is 24.2 Å². The maximum absolute atomic E-state index is 11.3. The number of aryl methyl sites for hydroxylation is 1. The number of anilines is 1.